The fraction of sp³-hybridized carbons (Fsp3) is 0.0526. The van der Waals surface area contributed by atoms with Gasteiger partial charge in [0, 0.05) is 21.2 Å². The summed E-state index contributed by atoms with van der Waals surface area (Å²) in [6.45, 7) is 0.706. The van der Waals surface area contributed by atoms with Crippen molar-refractivity contribution < 1.29 is 4.74 Å². The molecule has 0 heterocycles. The first-order chi connectivity index (χ1) is 12.0. The second-order valence-corrected chi connectivity index (χ2v) is 7.65. The van der Waals surface area contributed by atoms with Crippen LogP contribution in [-0.4, -0.2) is 0 Å². The van der Waals surface area contributed by atoms with Crippen LogP contribution in [0.3, 0.4) is 0 Å². The number of hydrogen-bond acceptors (Lipinski definition) is 3. The molecular weight excluding hydrogens is 467 g/mol. The normalized spacial score (nSPS) is 10.5. The number of nitrogens with two attached hydrogens (primary N) is 1. The van der Waals surface area contributed by atoms with Gasteiger partial charge < -0.3 is 15.8 Å². The zero-order valence-corrected chi connectivity index (χ0v) is 17.0. The van der Waals surface area contributed by atoms with Crippen molar-refractivity contribution in [3.05, 3.63) is 80.2 Å². The monoisotopic (exact) mass is 480 g/mol. The summed E-state index contributed by atoms with van der Waals surface area (Å²) >= 11 is 13.1. The predicted octanol–water partition coefficient (Wildman–Crippen LogP) is 6.85. The van der Waals surface area contributed by atoms with E-state index in [1.54, 1.807) is 18.2 Å². The van der Waals surface area contributed by atoms with Gasteiger partial charge in [-0.05, 0) is 48.0 Å². The van der Waals surface area contributed by atoms with E-state index in [1.165, 1.54) is 0 Å². The number of halogens is 3. The second kappa shape index (κ2) is 8.13. The fourth-order valence-corrected chi connectivity index (χ4v) is 3.80. The van der Waals surface area contributed by atoms with Crippen LogP contribution in [-0.2, 0) is 6.54 Å². The number of nitrogens with one attached hydrogen (secondary N) is 1. The summed E-state index contributed by atoms with van der Waals surface area (Å²) < 4.78 is 7.84. The van der Waals surface area contributed by atoms with Gasteiger partial charge in [-0.3, -0.25) is 0 Å². The topological polar surface area (TPSA) is 47.3 Å². The van der Waals surface area contributed by atoms with Crippen LogP contribution in [0.25, 0.3) is 0 Å². The molecule has 0 aliphatic carbocycles. The van der Waals surface area contributed by atoms with Gasteiger partial charge in [0.25, 0.3) is 0 Å². The van der Waals surface area contributed by atoms with E-state index < -0.39 is 0 Å². The average molecular weight is 483 g/mol. The predicted molar refractivity (Wildman–Crippen MR) is 112 cm³/mol. The van der Waals surface area contributed by atoms with Crippen molar-refractivity contribution in [1.29, 1.82) is 0 Å². The van der Waals surface area contributed by atoms with Crippen molar-refractivity contribution in [2.45, 2.75) is 6.54 Å². The quantitative estimate of drug-likeness (QED) is 0.391. The minimum atomic E-state index is 0.481. The third kappa shape index (κ3) is 4.91. The Morgan fingerprint density at radius 1 is 0.960 bits per heavy atom. The highest BCUT2D eigenvalue weighted by Crippen LogP contribution is 2.34. The summed E-state index contributed by atoms with van der Waals surface area (Å²) in [6, 6.07) is 19.2. The first kappa shape index (κ1) is 18.1. The number of nitrogen functional groups attached to an aromatic ring is 1. The Hall–Kier alpha value is -1.69. The second-order valence-electron chi connectivity index (χ2n) is 5.42. The largest absolute Gasteiger partial charge is 0.454 e. The maximum atomic E-state index is 6.13. The molecule has 25 heavy (non-hydrogen) atoms. The van der Waals surface area contributed by atoms with Crippen molar-refractivity contribution in [1.82, 2.24) is 0 Å². The first-order valence-electron chi connectivity index (χ1n) is 7.52. The van der Waals surface area contributed by atoms with Crippen LogP contribution in [0.4, 0.5) is 11.4 Å². The highest BCUT2D eigenvalue weighted by atomic mass is 79.9. The fourth-order valence-electron chi connectivity index (χ4n) is 2.29. The smallest absolute Gasteiger partial charge is 0.168 e. The molecule has 0 aromatic heterocycles. The lowest BCUT2D eigenvalue weighted by molar-refractivity contribution is 0.485. The van der Waals surface area contributed by atoms with Crippen LogP contribution in [0, 0.1) is 0 Å². The van der Waals surface area contributed by atoms with Crippen molar-refractivity contribution in [2.75, 3.05) is 11.1 Å². The number of ether oxygens (including phenoxy) is 1. The molecule has 0 aliphatic rings. The van der Waals surface area contributed by atoms with E-state index in [-0.39, 0.29) is 0 Å². The van der Waals surface area contributed by atoms with E-state index in [0.29, 0.717) is 28.8 Å². The number of anilines is 2. The van der Waals surface area contributed by atoms with Crippen molar-refractivity contribution in [2.24, 2.45) is 0 Å². The minimum absolute atomic E-state index is 0.481. The molecule has 3 nitrogen and oxygen atoms in total. The molecule has 0 atom stereocenters. The van der Waals surface area contributed by atoms with Gasteiger partial charge in [-0.25, -0.2) is 0 Å². The van der Waals surface area contributed by atoms with E-state index in [0.717, 1.165) is 20.2 Å². The maximum Gasteiger partial charge on any atom is 0.168 e. The molecule has 3 rings (SSSR count). The Morgan fingerprint density at radius 3 is 2.28 bits per heavy atom. The Balaban J connectivity index is 1.66. The van der Waals surface area contributed by atoms with Crippen molar-refractivity contribution in [3.63, 3.8) is 0 Å². The number of rotatable bonds is 5. The molecule has 3 aromatic carbocycles. The number of hydrogen-bond donors (Lipinski definition) is 2. The summed E-state index contributed by atoms with van der Waals surface area (Å²) in [5, 5.41) is 3.88. The van der Waals surface area contributed by atoms with E-state index in [1.807, 2.05) is 42.5 Å². The SMILES string of the molecule is Nc1cccc(Cl)c1Oc1ccc(CNc2cc(Br)cc(Br)c2)cc1. The lowest BCUT2D eigenvalue weighted by Crippen LogP contribution is -1.99. The summed E-state index contributed by atoms with van der Waals surface area (Å²) in [5.74, 6) is 1.17. The van der Waals surface area contributed by atoms with E-state index >= 15 is 0 Å². The average Bonchev–Trinajstić information content (AvgIpc) is 2.57. The molecule has 3 aromatic rings. The van der Waals surface area contributed by atoms with Gasteiger partial charge in [-0.2, -0.15) is 0 Å². The van der Waals surface area contributed by atoms with Gasteiger partial charge in [-0.15, -0.1) is 0 Å². The van der Waals surface area contributed by atoms with E-state index in [9.17, 15) is 0 Å². The van der Waals surface area contributed by atoms with Crippen molar-refractivity contribution >= 4 is 54.8 Å². The van der Waals surface area contributed by atoms with Crippen LogP contribution in [0.15, 0.2) is 69.6 Å². The van der Waals surface area contributed by atoms with Gasteiger partial charge in [0.05, 0.1) is 10.7 Å². The van der Waals surface area contributed by atoms with Crippen LogP contribution in [0.5, 0.6) is 11.5 Å². The Kier molecular flexibility index (Phi) is 5.89. The Labute approximate surface area is 168 Å². The molecule has 0 fully saturated rings. The summed E-state index contributed by atoms with van der Waals surface area (Å²) in [5.41, 5.74) is 8.59. The van der Waals surface area contributed by atoms with Gasteiger partial charge in [0.1, 0.15) is 5.75 Å². The summed E-state index contributed by atoms with van der Waals surface area (Å²) in [6.07, 6.45) is 0. The molecule has 0 saturated heterocycles. The first-order valence-corrected chi connectivity index (χ1v) is 9.48. The van der Waals surface area contributed by atoms with Gasteiger partial charge in [-0.1, -0.05) is 61.7 Å². The summed E-state index contributed by atoms with van der Waals surface area (Å²) in [7, 11) is 0. The van der Waals surface area contributed by atoms with Crippen LogP contribution in [0.1, 0.15) is 5.56 Å². The lowest BCUT2D eigenvalue weighted by atomic mass is 10.2. The Bertz CT molecular complexity index is 845. The van der Waals surface area contributed by atoms with Gasteiger partial charge >= 0.3 is 0 Å². The van der Waals surface area contributed by atoms with Crippen molar-refractivity contribution in [3.8, 4) is 11.5 Å². The van der Waals surface area contributed by atoms with E-state index in [4.69, 9.17) is 22.1 Å². The van der Waals surface area contributed by atoms with Crippen LogP contribution < -0.4 is 15.8 Å². The molecule has 3 N–H and O–H groups in total. The standard InChI is InChI=1S/C19H15Br2ClN2O/c20-13-8-14(21)10-15(9-13)24-11-12-4-6-16(7-5-12)25-19-17(22)2-1-3-18(19)23/h1-10,24H,11,23H2. The summed E-state index contributed by atoms with van der Waals surface area (Å²) in [4.78, 5) is 0. The molecule has 6 heteroatoms. The third-order valence-electron chi connectivity index (χ3n) is 3.50. The lowest BCUT2D eigenvalue weighted by Gasteiger charge is -2.11. The molecule has 0 bridgehead atoms. The molecule has 0 aliphatic heterocycles. The molecule has 0 spiro atoms. The molecule has 128 valence electrons. The van der Waals surface area contributed by atoms with Gasteiger partial charge in [0.2, 0.25) is 0 Å². The van der Waals surface area contributed by atoms with E-state index in [2.05, 4.69) is 37.2 Å². The Morgan fingerprint density at radius 2 is 1.64 bits per heavy atom. The molecule has 0 unspecified atom stereocenters. The molecule has 0 amide bonds. The number of benzene rings is 3. The zero-order valence-electron chi connectivity index (χ0n) is 13.1. The molecule has 0 saturated carbocycles. The maximum absolute atomic E-state index is 6.13. The number of para-hydroxylation sites is 1. The minimum Gasteiger partial charge on any atom is -0.454 e. The highest BCUT2D eigenvalue weighted by molar-refractivity contribution is 9.11. The molecule has 0 radical (unpaired) electrons. The third-order valence-corrected chi connectivity index (χ3v) is 4.71. The zero-order chi connectivity index (χ0) is 17.8. The van der Waals surface area contributed by atoms with Gasteiger partial charge in [0.15, 0.2) is 5.75 Å². The van der Waals surface area contributed by atoms with Crippen LogP contribution >= 0.6 is 43.5 Å². The van der Waals surface area contributed by atoms with Crippen LogP contribution in [0.2, 0.25) is 5.02 Å². The highest BCUT2D eigenvalue weighted by Gasteiger charge is 2.07. The molecular formula is C19H15Br2ClN2O.